The van der Waals surface area contributed by atoms with Gasteiger partial charge in [0.2, 0.25) is 0 Å². The van der Waals surface area contributed by atoms with Crippen LogP contribution in [0.2, 0.25) is 0 Å². The Morgan fingerprint density at radius 3 is 2.57 bits per heavy atom. The van der Waals surface area contributed by atoms with Crippen LogP contribution in [0.1, 0.15) is 19.0 Å². The highest BCUT2D eigenvalue weighted by Crippen LogP contribution is 2.25. The Balaban J connectivity index is 2.21. The third-order valence-electron chi connectivity index (χ3n) is 3.37. The van der Waals surface area contributed by atoms with E-state index in [4.69, 9.17) is 5.73 Å². The van der Waals surface area contributed by atoms with Crippen LogP contribution < -0.4 is 5.73 Å². The van der Waals surface area contributed by atoms with Gasteiger partial charge in [0.15, 0.2) is 11.6 Å². The van der Waals surface area contributed by atoms with Crippen LogP contribution in [-0.4, -0.2) is 19.7 Å². The fraction of sp³-hybridized carbons (Fsp3) is 0.267. The number of aromatic nitrogens is 4. The molecule has 0 aliphatic heterocycles. The van der Waals surface area contributed by atoms with Crippen LogP contribution in [0.25, 0.3) is 22.4 Å². The Labute approximate surface area is 121 Å². The second-order valence-corrected chi connectivity index (χ2v) is 4.96. The lowest BCUT2D eigenvalue weighted by molar-refractivity contribution is 0.628. The molecule has 0 aliphatic carbocycles. The lowest BCUT2D eigenvalue weighted by Gasteiger charge is -2.04. The minimum absolute atomic E-state index is 0.291. The SMILES string of the molecule is CCCc1nn(C)c2c(N)nc(-c3ccc(F)cc3)nc12. The van der Waals surface area contributed by atoms with Gasteiger partial charge in [-0.1, -0.05) is 13.3 Å². The number of nitrogen functional groups attached to an aromatic ring is 1. The van der Waals surface area contributed by atoms with Gasteiger partial charge in [-0.3, -0.25) is 4.68 Å². The van der Waals surface area contributed by atoms with Crippen LogP contribution in [0.5, 0.6) is 0 Å². The summed E-state index contributed by atoms with van der Waals surface area (Å²) in [7, 11) is 1.83. The molecule has 0 saturated heterocycles. The van der Waals surface area contributed by atoms with E-state index in [0.29, 0.717) is 11.6 Å². The van der Waals surface area contributed by atoms with Gasteiger partial charge in [0.05, 0.1) is 5.69 Å². The summed E-state index contributed by atoms with van der Waals surface area (Å²) in [6, 6.07) is 6.06. The fourth-order valence-electron chi connectivity index (χ4n) is 2.40. The maximum Gasteiger partial charge on any atom is 0.162 e. The van der Waals surface area contributed by atoms with Gasteiger partial charge >= 0.3 is 0 Å². The second-order valence-electron chi connectivity index (χ2n) is 4.96. The number of rotatable bonds is 3. The predicted molar refractivity (Wildman–Crippen MR) is 80.1 cm³/mol. The molecular weight excluding hydrogens is 269 g/mol. The molecule has 0 spiro atoms. The maximum atomic E-state index is 13.0. The minimum Gasteiger partial charge on any atom is -0.382 e. The van der Waals surface area contributed by atoms with E-state index in [0.717, 1.165) is 35.1 Å². The number of hydrogen-bond donors (Lipinski definition) is 1. The van der Waals surface area contributed by atoms with Gasteiger partial charge in [0.1, 0.15) is 16.9 Å². The van der Waals surface area contributed by atoms with Crippen molar-refractivity contribution in [1.82, 2.24) is 19.7 Å². The topological polar surface area (TPSA) is 69.6 Å². The summed E-state index contributed by atoms with van der Waals surface area (Å²) >= 11 is 0. The third kappa shape index (κ3) is 2.33. The Morgan fingerprint density at radius 1 is 1.19 bits per heavy atom. The fourth-order valence-corrected chi connectivity index (χ4v) is 2.40. The highest BCUT2D eigenvalue weighted by atomic mass is 19.1. The quantitative estimate of drug-likeness (QED) is 0.803. The molecule has 2 aromatic heterocycles. The summed E-state index contributed by atoms with van der Waals surface area (Å²) in [6.07, 6.45) is 1.80. The van der Waals surface area contributed by atoms with Gasteiger partial charge < -0.3 is 5.73 Å². The molecule has 3 aromatic rings. The van der Waals surface area contributed by atoms with Crippen LogP contribution in [0.15, 0.2) is 24.3 Å². The first-order chi connectivity index (χ1) is 10.1. The third-order valence-corrected chi connectivity index (χ3v) is 3.37. The highest BCUT2D eigenvalue weighted by molar-refractivity contribution is 5.88. The van der Waals surface area contributed by atoms with E-state index in [2.05, 4.69) is 22.0 Å². The zero-order valence-corrected chi connectivity index (χ0v) is 12.0. The molecule has 0 amide bonds. The Hall–Kier alpha value is -2.50. The second kappa shape index (κ2) is 5.12. The lowest BCUT2D eigenvalue weighted by Crippen LogP contribution is -2.00. The number of nitrogens with two attached hydrogens (primary N) is 1. The Morgan fingerprint density at radius 2 is 1.90 bits per heavy atom. The molecule has 5 nitrogen and oxygen atoms in total. The van der Waals surface area contributed by atoms with Crippen LogP contribution in [0, 0.1) is 5.82 Å². The van der Waals surface area contributed by atoms with Crippen molar-refractivity contribution in [3.05, 3.63) is 35.8 Å². The van der Waals surface area contributed by atoms with Crippen LogP contribution in [-0.2, 0) is 13.5 Å². The van der Waals surface area contributed by atoms with Gasteiger partial charge in [0.25, 0.3) is 0 Å². The van der Waals surface area contributed by atoms with E-state index in [1.54, 1.807) is 16.8 Å². The first-order valence-electron chi connectivity index (χ1n) is 6.85. The number of aryl methyl sites for hydroxylation is 2. The zero-order chi connectivity index (χ0) is 15.0. The van der Waals surface area contributed by atoms with Crippen molar-refractivity contribution < 1.29 is 4.39 Å². The van der Waals surface area contributed by atoms with E-state index in [-0.39, 0.29) is 5.82 Å². The number of benzene rings is 1. The summed E-state index contributed by atoms with van der Waals surface area (Å²) in [5, 5.41) is 4.46. The average Bonchev–Trinajstić information content (AvgIpc) is 2.77. The number of halogens is 1. The molecule has 0 fully saturated rings. The number of fused-ring (bicyclic) bond motifs is 1. The molecule has 0 radical (unpaired) electrons. The molecule has 21 heavy (non-hydrogen) atoms. The van der Waals surface area contributed by atoms with Gasteiger partial charge in [0, 0.05) is 12.6 Å². The summed E-state index contributed by atoms with van der Waals surface area (Å²) in [5.41, 5.74) is 9.20. The van der Waals surface area contributed by atoms with Gasteiger partial charge in [-0.2, -0.15) is 5.10 Å². The van der Waals surface area contributed by atoms with E-state index in [9.17, 15) is 4.39 Å². The van der Waals surface area contributed by atoms with E-state index in [1.165, 1.54) is 12.1 Å². The normalized spacial score (nSPS) is 11.2. The van der Waals surface area contributed by atoms with Crippen LogP contribution in [0.4, 0.5) is 10.2 Å². The van der Waals surface area contributed by atoms with Crippen molar-refractivity contribution in [3.8, 4) is 11.4 Å². The van der Waals surface area contributed by atoms with Crippen molar-refractivity contribution in [1.29, 1.82) is 0 Å². The zero-order valence-electron chi connectivity index (χ0n) is 12.0. The molecular formula is C15H16FN5. The van der Waals surface area contributed by atoms with Crippen LogP contribution >= 0.6 is 0 Å². The first-order valence-corrected chi connectivity index (χ1v) is 6.85. The van der Waals surface area contributed by atoms with Crippen LogP contribution in [0.3, 0.4) is 0 Å². The summed E-state index contributed by atoms with van der Waals surface area (Å²) in [6.45, 7) is 2.09. The molecule has 6 heteroatoms. The van der Waals surface area contributed by atoms with Gasteiger partial charge in [-0.25, -0.2) is 14.4 Å². The molecule has 0 bridgehead atoms. The van der Waals surface area contributed by atoms with E-state index >= 15 is 0 Å². The minimum atomic E-state index is -0.291. The van der Waals surface area contributed by atoms with Crippen molar-refractivity contribution in [2.45, 2.75) is 19.8 Å². The molecule has 0 aliphatic rings. The molecule has 3 rings (SSSR count). The van der Waals surface area contributed by atoms with E-state index < -0.39 is 0 Å². The molecule has 2 heterocycles. The smallest absolute Gasteiger partial charge is 0.162 e. The van der Waals surface area contributed by atoms with E-state index in [1.807, 2.05) is 7.05 Å². The molecule has 2 N–H and O–H groups in total. The van der Waals surface area contributed by atoms with Gasteiger partial charge in [-0.15, -0.1) is 0 Å². The van der Waals surface area contributed by atoms with Crippen molar-refractivity contribution in [2.24, 2.45) is 7.05 Å². The van der Waals surface area contributed by atoms with Crippen molar-refractivity contribution >= 4 is 16.9 Å². The number of nitrogens with zero attached hydrogens (tertiary/aromatic N) is 4. The monoisotopic (exact) mass is 285 g/mol. The maximum absolute atomic E-state index is 13.0. The predicted octanol–water partition coefficient (Wildman–Crippen LogP) is 2.70. The number of anilines is 1. The summed E-state index contributed by atoms with van der Waals surface area (Å²) in [5.74, 6) is 0.586. The number of hydrogen-bond acceptors (Lipinski definition) is 4. The lowest BCUT2D eigenvalue weighted by atomic mass is 10.2. The molecule has 1 aromatic carbocycles. The van der Waals surface area contributed by atoms with Gasteiger partial charge in [-0.05, 0) is 30.7 Å². The molecule has 0 saturated carbocycles. The standard InChI is InChI=1S/C15H16FN5/c1-3-4-11-12-13(21(2)20-11)14(17)19-15(18-12)9-5-7-10(16)8-6-9/h5-8H,3-4H2,1-2H3,(H2,17,18,19). The summed E-state index contributed by atoms with van der Waals surface area (Å²) in [4.78, 5) is 8.90. The molecule has 108 valence electrons. The van der Waals surface area contributed by atoms with Crippen molar-refractivity contribution in [2.75, 3.05) is 5.73 Å². The largest absolute Gasteiger partial charge is 0.382 e. The first kappa shape index (κ1) is 13.5. The Kier molecular flexibility index (Phi) is 3.29. The Bertz CT molecular complexity index is 792. The summed E-state index contributed by atoms with van der Waals surface area (Å²) < 4.78 is 14.7. The highest BCUT2D eigenvalue weighted by Gasteiger charge is 2.15. The molecule has 0 unspecified atom stereocenters. The molecule has 0 atom stereocenters. The average molecular weight is 285 g/mol. The van der Waals surface area contributed by atoms with Crippen molar-refractivity contribution in [3.63, 3.8) is 0 Å².